The fourth-order valence-electron chi connectivity index (χ4n) is 1.77. The summed E-state index contributed by atoms with van der Waals surface area (Å²) in [5, 5.41) is 0. The van der Waals surface area contributed by atoms with Crippen LogP contribution in [0, 0.1) is 16.4 Å². The second-order valence-corrected chi connectivity index (χ2v) is 5.75. The third kappa shape index (κ3) is 3.71. The molecule has 0 spiro atoms. The number of benzene rings is 1. The Hall–Kier alpha value is -0.130. The summed E-state index contributed by atoms with van der Waals surface area (Å²) in [6.07, 6.45) is 2.28. The van der Waals surface area contributed by atoms with Gasteiger partial charge < -0.3 is 0 Å². The highest BCUT2D eigenvalue weighted by Crippen LogP contribution is 2.26. The molecule has 1 aromatic carbocycles. The summed E-state index contributed by atoms with van der Waals surface area (Å²) >= 11 is 2.40. The van der Waals surface area contributed by atoms with Crippen LogP contribution in [0.5, 0.6) is 0 Å². The van der Waals surface area contributed by atoms with Crippen LogP contribution in [-0.4, -0.2) is 0 Å². The topological polar surface area (TPSA) is 38.0 Å². The van der Waals surface area contributed by atoms with Crippen LogP contribution in [0.25, 0.3) is 0 Å². The molecular weight excluding hydrogens is 311 g/mol. The van der Waals surface area contributed by atoms with Gasteiger partial charge in [0.2, 0.25) is 0 Å². The van der Waals surface area contributed by atoms with Crippen molar-refractivity contribution in [2.75, 3.05) is 0 Å². The molecule has 0 radical (unpaired) electrons. The van der Waals surface area contributed by atoms with Gasteiger partial charge in [-0.1, -0.05) is 32.0 Å². The highest BCUT2D eigenvalue weighted by atomic mass is 127. The predicted molar refractivity (Wildman–Crippen MR) is 78.0 cm³/mol. The zero-order chi connectivity index (χ0) is 12.1. The quantitative estimate of drug-likeness (QED) is 0.492. The van der Waals surface area contributed by atoms with Gasteiger partial charge in [0.1, 0.15) is 0 Å². The van der Waals surface area contributed by atoms with Crippen LogP contribution in [-0.2, 0) is 0 Å². The molecular formula is C13H21IN2. The number of hydrazine groups is 1. The van der Waals surface area contributed by atoms with E-state index < -0.39 is 0 Å². The smallest absolute Gasteiger partial charge is 0.0470 e. The Balaban J connectivity index is 2.82. The normalized spacial score (nSPS) is 13.1. The van der Waals surface area contributed by atoms with Crippen molar-refractivity contribution < 1.29 is 0 Å². The van der Waals surface area contributed by atoms with Crippen LogP contribution < -0.4 is 11.3 Å². The van der Waals surface area contributed by atoms with Crippen molar-refractivity contribution in [3.05, 3.63) is 32.9 Å². The van der Waals surface area contributed by atoms with Gasteiger partial charge in [-0.05, 0) is 59.4 Å². The second kappa shape index (κ2) is 6.57. The van der Waals surface area contributed by atoms with Gasteiger partial charge in [0.15, 0.2) is 0 Å². The maximum atomic E-state index is 5.66. The van der Waals surface area contributed by atoms with Gasteiger partial charge >= 0.3 is 0 Å². The molecule has 1 rings (SSSR count). The van der Waals surface area contributed by atoms with Crippen LogP contribution in [0.15, 0.2) is 18.2 Å². The first-order valence-electron chi connectivity index (χ1n) is 5.77. The first-order valence-corrected chi connectivity index (χ1v) is 6.85. The Labute approximate surface area is 112 Å². The standard InChI is InChI=1S/C13H21IN2/c1-9(2)7-8-12(16-15)11-6-4-5-10(3)13(11)14/h4-6,9,12,16H,7-8,15H2,1-3H3. The average molecular weight is 332 g/mol. The molecule has 0 aliphatic rings. The van der Waals surface area contributed by atoms with E-state index >= 15 is 0 Å². The summed E-state index contributed by atoms with van der Waals surface area (Å²) in [6.45, 7) is 6.63. The van der Waals surface area contributed by atoms with Crippen molar-refractivity contribution in [3.8, 4) is 0 Å². The third-order valence-corrected chi connectivity index (χ3v) is 4.30. The monoisotopic (exact) mass is 332 g/mol. The van der Waals surface area contributed by atoms with E-state index in [4.69, 9.17) is 5.84 Å². The van der Waals surface area contributed by atoms with Crippen molar-refractivity contribution in [3.63, 3.8) is 0 Å². The molecule has 0 saturated carbocycles. The fraction of sp³-hybridized carbons (Fsp3) is 0.538. The van der Waals surface area contributed by atoms with Crippen molar-refractivity contribution in [1.29, 1.82) is 0 Å². The summed E-state index contributed by atoms with van der Waals surface area (Å²) in [4.78, 5) is 0. The molecule has 0 aliphatic heterocycles. The Bertz CT molecular complexity index is 337. The SMILES string of the molecule is Cc1cccc(C(CCC(C)C)NN)c1I. The van der Waals surface area contributed by atoms with Crippen molar-refractivity contribution in [1.82, 2.24) is 5.43 Å². The lowest BCUT2D eigenvalue weighted by Gasteiger charge is -2.19. The second-order valence-electron chi connectivity index (χ2n) is 4.67. The van der Waals surface area contributed by atoms with E-state index in [2.05, 4.69) is 67.0 Å². The zero-order valence-electron chi connectivity index (χ0n) is 10.3. The molecule has 0 aliphatic carbocycles. The van der Waals surface area contributed by atoms with Crippen molar-refractivity contribution in [2.24, 2.45) is 11.8 Å². The molecule has 0 aromatic heterocycles. The lowest BCUT2D eigenvalue weighted by molar-refractivity contribution is 0.447. The van der Waals surface area contributed by atoms with E-state index in [1.54, 1.807) is 0 Å². The van der Waals surface area contributed by atoms with Gasteiger partial charge in [-0.3, -0.25) is 11.3 Å². The zero-order valence-corrected chi connectivity index (χ0v) is 12.4. The largest absolute Gasteiger partial charge is 0.271 e. The molecule has 1 aromatic rings. The van der Waals surface area contributed by atoms with E-state index in [1.807, 2.05) is 0 Å². The van der Waals surface area contributed by atoms with Crippen molar-refractivity contribution in [2.45, 2.75) is 39.7 Å². The summed E-state index contributed by atoms with van der Waals surface area (Å²) in [5.74, 6) is 6.38. The number of halogens is 1. The Morgan fingerprint density at radius 2 is 2.00 bits per heavy atom. The minimum absolute atomic E-state index is 0.272. The highest BCUT2D eigenvalue weighted by molar-refractivity contribution is 14.1. The molecule has 16 heavy (non-hydrogen) atoms. The summed E-state index contributed by atoms with van der Waals surface area (Å²) in [5.41, 5.74) is 5.58. The predicted octanol–water partition coefficient (Wildman–Crippen LogP) is 3.54. The average Bonchev–Trinajstić information content (AvgIpc) is 2.24. The molecule has 0 amide bonds. The fourth-order valence-corrected chi connectivity index (χ4v) is 2.50. The number of nitrogens with one attached hydrogen (secondary N) is 1. The van der Waals surface area contributed by atoms with Crippen LogP contribution in [0.2, 0.25) is 0 Å². The Morgan fingerprint density at radius 3 is 2.56 bits per heavy atom. The van der Waals surface area contributed by atoms with Gasteiger partial charge in [0.05, 0.1) is 0 Å². The maximum Gasteiger partial charge on any atom is 0.0470 e. The van der Waals surface area contributed by atoms with Crippen LogP contribution >= 0.6 is 22.6 Å². The van der Waals surface area contributed by atoms with Crippen LogP contribution in [0.1, 0.15) is 43.9 Å². The lowest BCUT2D eigenvalue weighted by Crippen LogP contribution is -2.29. The van der Waals surface area contributed by atoms with Gasteiger partial charge in [-0.2, -0.15) is 0 Å². The highest BCUT2D eigenvalue weighted by Gasteiger charge is 2.14. The van der Waals surface area contributed by atoms with Gasteiger partial charge in [-0.15, -0.1) is 0 Å². The van der Waals surface area contributed by atoms with Crippen molar-refractivity contribution >= 4 is 22.6 Å². The van der Waals surface area contributed by atoms with E-state index in [0.29, 0.717) is 0 Å². The van der Waals surface area contributed by atoms with E-state index in [-0.39, 0.29) is 6.04 Å². The molecule has 0 bridgehead atoms. The molecule has 0 heterocycles. The number of hydrogen-bond donors (Lipinski definition) is 2. The Morgan fingerprint density at radius 1 is 1.31 bits per heavy atom. The third-order valence-electron chi connectivity index (χ3n) is 2.83. The van der Waals surface area contributed by atoms with Crippen LogP contribution in [0.3, 0.4) is 0 Å². The van der Waals surface area contributed by atoms with E-state index in [0.717, 1.165) is 12.3 Å². The molecule has 0 fully saturated rings. The minimum Gasteiger partial charge on any atom is -0.271 e. The number of nitrogens with two attached hydrogens (primary N) is 1. The summed E-state index contributed by atoms with van der Waals surface area (Å²) in [7, 11) is 0. The minimum atomic E-state index is 0.272. The first kappa shape index (κ1) is 13.9. The van der Waals surface area contributed by atoms with Gasteiger partial charge in [-0.25, -0.2) is 0 Å². The first-order chi connectivity index (χ1) is 7.56. The number of aryl methyl sites for hydroxylation is 1. The van der Waals surface area contributed by atoms with E-state index in [1.165, 1.54) is 21.1 Å². The number of rotatable bonds is 5. The van der Waals surface area contributed by atoms with Crippen LogP contribution in [0.4, 0.5) is 0 Å². The molecule has 1 atom stereocenters. The molecule has 3 heteroatoms. The maximum absolute atomic E-state index is 5.66. The van der Waals surface area contributed by atoms with Gasteiger partial charge in [0, 0.05) is 9.61 Å². The lowest BCUT2D eigenvalue weighted by atomic mass is 9.97. The summed E-state index contributed by atoms with van der Waals surface area (Å²) in [6, 6.07) is 6.68. The van der Waals surface area contributed by atoms with E-state index in [9.17, 15) is 0 Å². The summed E-state index contributed by atoms with van der Waals surface area (Å²) < 4.78 is 1.33. The molecule has 0 saturated heterocycles. The Kier molecular flexibility index (Phi) is 5.72. The molecule has 90 valence electrons. The number of hydrogen-bond acceptors (Lipinski definition) is 2. The van der Waals surface area contributed by atoms with Gasteiger partial charge in [0.25, 0.3) is 0 Å². The molecule has 3 N–H and O–H groups in total. The molecule has 1 unspecified atom stereocenters. The molecule has 2 nitrogen and oxygen atoms in total.